The summed E-state index contributed by atoms with van der Waals surface area (Å²) in [5, 5.41) is 35.3. The van der Waals surface area contributed by atoms with Crippen LogP contribution in [0.2, 0.25) is 0 Å². The van der Waals surface area contributed by atoms with E-state index in [1.54, 1.807) is 54.6 Å². The molecule has 0 unspecified atom stereocenters. The van der Waals surface area contributed by atoms with Gasteiger partial charge in [-0.3, -0.25) is 0 Å². The lowest BCUT2D eigenvalue weighted by molar-refractivity contribution is -0.137. The smallest absolute Gasteiger partial charge is 0.309 e. The van der Waals surface area contributed by atoms with Crippen LogP contribution in [0.3, 0.4) is 0 Å². The van der Waals surface area contributed by atoms with Crippen molar-refractivity contribution in [2.45, 2.75) is 12.4 Å². The first-order valence-corrected chi connectivity index (χ1v) is 37.7. The van der Waals surface area contributed by atoms with Gasteiger partial charge in [0, 0.05) is 66.3 Å². The summed E-state index contributed by atoms with van der Waals surface area (Å²) in [5.41, 5.74) is 12.7. The molecule has 0 spiro atoms. The summed E-state index contributed by atoms with van der Waals surface area (Å²) < 4.78 is 96.5. The minimum absolute atomic E-state index is 0.0786. The predicted molar refractivity (Wildman–Crippen MR) is 451 cm³/mol. The van der Waals surface area contributed by atoms with E-state index in [9.17, 15) is 15.8 Å². The molecule has 0 amide bonds. The molecule has 19 aromatic rings. The van der Waals surface area contributed by atoms with Crippen molar-refractivity contribution in [2.24, 2.45) is 0 Å². The molecule has 118 heavy (non-hydrogen) atoms. The first-order chi connectivity index (χ1) is 57.6. The number of hydrogen-bond acceptors (Lipinski definition) is 9. The monoisotopic (exact) mass is 1540 g/mol. The third kappa shape index (κ3) is 13.2. The standard InChI is InChI=1S/C101H57F6N11/c102-100(103,104)88-34-17-15-32-80(88)78-47-41-74(56-86(78)98-113-94(62-21-5-1-6-22-62)111-95(114-98)63-23-7-2-8-24-63)117-90-49-40-68(66-30-19-20-61(50-66)58-108)52-85(90)84-44-37-69(53-91(84)117)67-36-43-77(73(51-67)60-110)71-39-46-83-82-45-38-70(76-31-14-13-29-72(76)59-109)54-92(82)118(93(83)55-71)75-42-48-79(81-33-16-18-35-89(81)101(105,106)107)87(57-75)99-115-96(64-25-9-3-10-26-64)112-97(116-99)65-27-11-4-12-28-65/h1-57H. The summed E-state index contributed by atoms with van der Waals surface area (Å²) in [7, 11) is 0. The fourth-order valence-electron chi connectivity index (χ4n) is 15.9. The van der Waals surface area contributed by atoms with Gasteiger partial charge in [-0.25, -0.2) is 29.9 Å². The highest BCUT2D eigenvalue weighted by Crippen LogP contribution is 2.48. The number of nitrogens with zero attached hydrogens (tertiary/aromatic N) is 11. The summed E-state index contributed by atoms with van der Waals surface area (Å²) in [6.45, 7) is 0. The largest absolute Gasteiger partial charge is 0.417 e. The molecule has 0 saturated carbocycles. The molecule has 17 heteroatoms. The number of rotatable bonds is 14. The van der Waals surface area contributed by atoms with E-state index in [0.717, 1.165) is 61.4 Å². The Morgan fingerprint density at radius 1 is 0.220 bits per heavy atom. The van der Waals surface area contributed by atoms with Crippen LogP contribution in [-0.4, -0.2) is 39.0 Å². The van der Waals surface area contributed by atoms with Gasteiger partial charge in [0.05, 0.1) is 68.1 Å². The molecule has 0 aliphatic heterocycles. The Morgan fingerprint density at radius 3 is 1.03 bits per heavy atom. The number of aromatic nitrogens is 8. The molecular weight excluding hydrogens is 1480 g/mol. The van der Waals surface area contributed by atoms with Gasteiger partial charge in [0.2, 0.25) is 0 Å². The Hall–Kier alpha value is -16.0. The molecule has 4 aromatic heterocycles. The number of fused-ring (bicyclic) bond motifs is 6. The highest BCUT2D eigenvalue weighted by Gasteiger charge is 2.36. The second-order valence-corrected chi connectivity index (χ2v) is 28.4. The van der Waals surface area contributed by atoms with Crippen molar-refractivity contribution in [3.8, 4) is 165 Å². The molecule has 0 radical (unpaired) electrons. The molecule has 0 atom stereocenters. The van der Waals surface area contributed by atoms with Crippen molar-refractivity contribution in [2.75, 3.05) is 0 Å². The van der Waals surface area contributed by atoms with Gasteiger partial charge in [-0.1, -0.05) is 255 Å². The molecule has 19 rings (SSSR count). The third-order valence-electron chi connectivity index (χ3n) is 21.5. The lowest BCUT2D eigenvalue weighted by Crippen LogP contribution is -2.08. The van der Waals surface area contributed by atoms with Crippen LogP contribution in [0.4, 0.5) is 26.3 Å². The van der Waals surface area contributed by atoms with E-state index >= 15 is 26.3 Å². The van der Waals surface area contributed by atoms with E-state index in [0.29, 0.717) is 118 Å². The van der Waals surface area contributed by atoms with Crippen LogP contribution in [0.15, 0.2) is 346 Å². The van der Waals surface area contributed by atoms with Crippen LogP contribution in [-0.2, 0) is 12.4 Å². The van der Waals surface area contributed by atoms with Crippen molar-refractivity contribution in [1.29, 1.82) is 15.8 Å². The Morgan fingerprint density at radius 2 is 0.568 bits per heavy atom. The van der Waals surface area contributed by atoms with Gasteiger partial charge in [-0.15, -0.1) is 0 Å². The van der Waals surface area contributed by atoms with Crippen LogP contribution in [0, 0.1) is 34.0 Å². The first-order valence-electron chi connectivity index (χ1n) is 37.7. The summed E-state index contributed by atoms with van der Waals surface area (Å²) >= 11 is 0. The van der Waals surface area contributed by atoms with Crippen molar-refractivity contribution >= 4 is 43.6 Å². The second-order valence-electron chi connectivity index (χ2n) is 28.4. The van der Waals surface area contributed by atoms with Crippen molar-refractivity contribution in [1.82, 2.24) is 39.0 Å². The maximum absolute atomic E-state index is 15.4. The molecular formula is C101H57F6N11. The molecule has 4 heterocycles. The molecule has 0 aliphatic rings. The van der Waals surface area contributed by atoms with Crippen LogP contribution in [0.25, 0.3) is 190 Å². The SMILES string of the molecule is N#Cc1cccc(-c2ccc3c(c2)c2ccc(-c4ccc(-c5ccc6c7ccc(-c8ccccc8C#N)cc7n(-c7ccc(-c8ccccc8C(F)(F)F)c(-c8nc(-c9ccccc9)nc(-c9ccccc9)n8)c7)c6c5)c(C#N)c4)cc2n3-c2ccc(-c3ccccc3C(F)(F)F)c(-c3nc(-c4ccccc4)nc(-c4ccccc4)n3)c2)c1. The highest BCUT2D eigenvalue weighted by molar-refractivity contribution is 6.13. The van der Waals surface area contributed by atoms with E-state index in [-0.39, 0.29) is 39.5 Å². The molecule has 0 fully saturated rings. The zero-order valence-corrected chi connectivity index (χ0v) is 62.1. The Kier molecular flexibility index (Phi) is 18.1. The zero-order valence-electron chi connectivity index (χ0n) is 62.1. The fraction of sp³-hybridized carbons (Fsp3) is 0.0198. The van der Waals surface area contributed by atoms with Gasteiger partial charge in [0.25, 0.3) is 0 Å². The number of benzene rings is 15. The molecule has 0 saturated heterocycles. The average Bonchev–Trinajstić information content (AvgIpc) is 1.53. The van der Waals surface area contributed by atoms with Crippen LogP contribution in [0.5, 0.6) is 0 Å². The summed E-state index contributed by atoms with van der Waals surface area (Å²) in [6, 6.07) is 110. The van der Waals surface area contributed by atoms with Crippen molar-refractivity contribution in [3.63, 3.8) is 0 Å². The number of halogens is 6. The Labute approximate surface area is 671 Å². The van der Waals surface area contributed by atoms with Crippen LogP contribution < -0.4 is 0 Å². The van der Waals surface area contributed by atoms with Gasteiger partial charge in [0.15, 0.2) is 34.9 Å². The molecule has 558 valence electrons. The van der Waals surface area contributed by atoms with Gasteiger partial charge >= 0.3 is 12.4 Å². The van der Waals surface area contributed by atoms with E-state index in [1.165, 1.54) is 24.3 Å². The third-order valence-corrected chi connectivity index (χ3v) is 21.5. The Balaban J connectivity index is 0.799. The highest BCUT2D eigenvalue weighted by atomic mass is 19.4. The van der Waals surface area contributed by atoms with Crippen LogP contribution in [0.1, 0.15) is 27.8 Å². The van der Waals surface area contributed by atoms with Crippen molar-refractivity contribution < 1.29 is 26.3 Å². The quantitative estimate of drug-likeness (QED) is 0.0966. The van der Waals surface area contributed by atoms with E-state index in [2.05, 4.69) is 28.8 Å². The topological polar surface area (TPSA) is 159 Å². The zero-order chi connectivity index (χ0) is 80.3. The summed E-state index contributed by atoms with van der Waals surface area (Å²) in [4.78, 5) is 30.3. The summed E-state index contributed by atoms with van der Waals surface area (Å²) in [6.07, 6.45) is -9.50. The fourth-order valence-corrected chi connectivity index (χ4v) is 15.9. The van der Waals surface area contributed by atoms with Crippen molar-refractivity contribution in [3.05, 3.63) is 374 Å². The molecule has 11 nitrogen and oxygen atoms in total. The second kappa shape index (κ2) is 29.5. The molecule has 0 bridgehead atoms. The van der Waals surface area contributed by atoms with E-state index in [4.69, 9.17) is 29.9 Å². The molecule has 0 aliphatic carbocycles. The normalized spacial score (nSPS) is 11.6. The number of nitriles is 3. The van der Waals surface area contributed by atoms with Gasteiger partial charge < -0.3 is 9.13 Å². The molecule has 15 aromatic carbocycles. The minimum Gasteiger partial charge on any atom is -0.309 e. The lowest BCUT2D eigenvalue weighted by atomic mass is 9.93. The first kappa shape index (κ1) is 72.2. The van der Waals surface area contributed by atoms with E-state index in [1.807, 2.05) is 253 Å². The number of alkyl halides is 6. The average molecular weight is 1540 g/mol. The predicted octanol–water partition coefficient (Wildman–Crippen LogP) is 25.9. The van der Waals surface area contributed by atoms with E-state index < -0.39 is 23.5 Å². The van der Waals surface area contributed by atoms with Gasteiger partial charge in [-0.05, 0) is 158 Å². The van der Waals surface area contributed by atoms with Gasteiger partial charge in [0.1, 0.15) is 0 Å². The van der Waals surface area contributed by atoms with Gasteiger partial charge in [-0.2, -0.15) is 42.1 Å². The lowest BCUT2D eigenvalue weighted by Gasteiger charge is -2.18. The number of hydrogen-bond donors (Lipinski definition) is 0. The maximum atomic E-state index is 15.4. The maximum Gasteiger partial charge on any atom is 0.417 e. The summed E-state index contributed by atoms with van der Waals surface area (Å²) in [5.74, 6) is 1.46. The minimum atomic E-state index is -4.76. The van der Waals surface area contributed by atoms with Crippen LogP contribution >= 0.6 is 0 Å². The Bertz CT molecular complexity index is 7270. The molecule has 0 N–H and O–H groups in total.